The molecule has 2 amide bonds. The van der Waals surface area contributed by atoms with E-state index < -0.39 is 18.2 Å². The van der Waals surface area contributed by atoms with Gasteiger partial charge in [-0.25, -0.2) is 13.8 Å². The average Bonchev–Trinajstić information content (AvgIpc) is 3.43. The van der Waals surface area contributed by atoms with Crippen molar-refractivity contribution in [2.45, 2.75) is 45.6 Å². The summed E-state index contributed by atoms with van der Waals surface area (Å²) < 4.78 is 38.3. The molecule has 1 aliphatic rings. The first kappa shape index (κ1) is 23.9. The molecule has 36 heavy (non-hydrogen) atoms. The monoisotopic (exact) mass is 511 g/mol. The van der Waals surface area contributed by atoms with E-state index in [9.17, 15) is 18.4 Å². The third-order valence-corrected chi connectivity index (χ3v) is 6.98. The van der Waals surface area contributed by atoms with Crippen LogP contribution in [-0.2, 0) is 6.61 Å². The number of nitrogens with two attached hydrogens (primary N) is 1. The highest BCUT2D eigenvalue weighted by Crippen LogP contribution is 2.48. The van der Waals surface area contributed by atoms with Crippen LogP contribution in [0.5, 0.6) is 5.75 Å². The second-order valence-corrected chi connectivity index (χ2v) is 9.89. The zero-order valence-electron chi connectivity index (χ0n) is 19.6. The van der Waals surface area contributed by atoms with E-state index in [4.69, 9.17) is 14.9 Å². The number of anilines is 1. The molecule has 1 aromatic carbocycles. The van der Waals surface area contributed by atoms with Crippen LogP contribution in [0.2, 0.25) is 0 Å². The van der Waals surface area contributed by atoms with Gasteiger partial charge in [-0.2, -0.15) is 0 Å². The number of carbonyl (C=O) groups excluding carboxylic acids is 2. The molecule has 0 saturated heterocycles. The molecule has 10 heteroatoms. The van der Waals surface area contributed by atoms with Gasteiger partial charge in [0.2, 0.25) is 0 Å². The lowest BCUT2D eigenvalue weighted by Gasteiger charge is -2.09. The minimum absolute atomic E-state index is 0.00826. The molecule has 1 saturated carbocycles. The van der Waals surface area contributed by atoms with Crippen molar-refractivity contribution in [2.24, 2.45) is 5.73 Å². The molecule has 1 aliphatic carbocycles. The number of rotatable bonds is 8. The number of halogens is 2. The number of nitrogens with zero attached hydrogens (tertiary/aromatic N) is 1. The molecule has 0 spiro atoms. The van der Waals surface area contributed by atoms with Gasteiger partial charge in [-0.3, -0.25) is 9.59 Å². The number of primary amides is 1. The highest BCUT2D eigenvalue weighted by molar-refractivity contribution is 7.21. The third kappa shape index (κ3) is 4.81. The largest absolute Gasteiger partial charge is 0.486 e. The molecule has 0 radical (unpaired) electrons. The summed E-state index contributed by atoms with van der Waals surface area (Å²) in [5, 5.41) is 3.18. The smallest absolute Gasteiger partial charge is 0.291 e. The summed E-state index contributed by atoms with van der Waals surface area (Å²) in [4.78, 5) is 29.5. The number of thiophene rings is 1. The Balaban J connectivity index is 1.41. The van der Waals surface area contributed by atoms with Gasteiger partial charge in [0.1, 0.15) is 33.5 Å². The van der Waals surface area contributed by atoms with Gasteiger partial charge in [-0.15, -0.1) is 11.3 Å². The molecule has 0 unspecified atom stereocenters. The predicted octanol–water partition coefficient (Wildman–Crippen LogP) is 6.25. The second-order valence-electron chi connectivity index (χ2n) is 8.89. The molecule has 3 heterocycles. The van der Waals surface area contributed by atoms with Gasteiger partial charge >= 0.3 is 0 Å². The molecule has 4 aromatic rings. The lowest BCUT2D eigenvalue weighted by atomic mass is 10.0. The number of fused-ring (bicyclic) bond motifs is 1. The maximum atomic E-state index is 13.4. The van der Waals surface area contributed by atoms with Crippen LogP contribution in [0, 0.1) is 13.8 Å². The van der Waals surface area contributed by atoms with E-state index in [1.54, 1.807) is 6.07 Å². The lowest BCUT2D eigenvalue weighted by molar-refractivity contribution is 0.0992. The molecular formula is C26H23F2N3O4S. The van der Waals surface area contributed by atoms with Crippen molar-refractivity contribution in [3.8, 4) is 5.75 Å². The number of pyridine rings is 1. The van der Waals surface area contributed by atoms with Crippen molar-refractivity contribution in [3.05, 3.63) is 75.2 Å². The van der Waals surface area contributed by atoms with Crippen LogP contribution in [0.3, 0.4) is 0 Å². The van der Waals surface area contributed by atoms with Crippen LogP contribution < -0.4 is 15.8 Å². The number of benzene rings is 1. The number of furan rings is 1. The summed E-state index contributed by atoms with van der Waals surface area (Å²) in [5.74, 6) is -0.184. The quantitative estimate of drug-likeness (QED) is 0.291. The fraction of sp³-hybridized carbons (Fsp3) is 0.269. The van der Waals surface area contributed by atoms with Crippen LogP contribution in [0.15, 0.2) is 40.8 Å². The second kappa shape index (κ2) is 9.34. The summed E-state index contributed by atoms with van der Waals surface area (Å²) in [6, 6.07) is 10.3. The fourth-order valence-corrected chi connectivity index (χ4v) is 5.21. The standard InChI is InChI=1S/C26H23F2N3O4S/c1-12-7-13(2)9-16(8-12)34-11-15-5-6-19(35-15)25(33)31-21-20-17(14-3-4-14)10-18(23(27)28)30-26(20)36-22(21)24(29)32/h5-10,14,23H,3-4,11H2,1-2H3,(H2,29,32)(H,31,33). The van der Waals surface area contributed by atoms with E-state index in [1.807, 2.05) is 32.0 Å². The van der Waals surface area contributed by atoms with Gasteiger partial charge in [0, 0.05) is 5.39 Å². The molecule has 1 fully saturated rings. The molecule has 5 rings (SSSR count). The van der Waals surface area contributed by atoms with Gasteiger partial charge in [-0.1, -0.05) is 6.07 Å². The SMILES string of the molecule is Cc1cc(C)cc(OCc2ccc(C(=O)Nc3c(C(N)=O)sc4nc(C(F)F)cc(C5CC5)c34)o2)c1. The Hall–Kier alpha value is -3.79. The van der Waals surface area contributed by atoms with Gasteiger partial charge in [-0.05, 0) is 79.6 Å². The minimum atomic E-state index is -2.75. The Morgan fingerprint density at radius 1 is 1.19 bits per heavy atom. The molecule has 3 N–H and O–H groups in total. The average molecular weight is 512 g/mol. The van der Waals surface area contributed by atoms with Crippen molar-refractivity contribution in [1.82, 2.24) is 4.98 Å². The maximum Gasteiger partial charge on any atom is 0.291 e. The summed E-state index contributed by atoms with van der Waals surface area (Å²) >= 11 is 0.889. The van der Waals surface area contributed by atoms with Crippen molar-refractivity contribution in [3.63, 3.8) is 0 Å². The zero-order chi connectivity index (χ0) is 25.6. The van der Waals surface area contributed by atoms with Gasteiger partial charge in [0.15, 0.2) is 5.76 Å². The molecule has 186 valence electrons. The first-order valence-corrected chi connectivity index (χ1v) is 12.2. The highest BCUT2D eigenvalue weighted by Gasteiger charge is 2.32. The van der Waals surface area contributed by atoms with Gasteiger partial charge in [0.05, 0.1) is 5.69 Å². The Kier molecular flexibility index (Phi) is 6.21. The van der Waals surface area contributed by atoms with E-state index in [2.05, 4.69) is 10.3 Å². The number of aromatic nitrogens is 1. The van der Waals surface area contributed by atoms with E-state index in [-0.39, 0.29) is 39.4 Å². The maximum absolute atomic E-state index is 13.4. The van der Waals surface area contributed by atoms with Crippen molar-refractivity contribution < 1.29 is 27.5 Å². The Morgan fingerprint density at radius 3 is 2.56 bits per heavy atom. The minimum Gasteiger partial charge on any atom is -0.486 e. The lowest BCUT2D eigenvalue weighted by Crippen LogP contribution is -2.16. The number of carbonyl (C=O) groups is 2. The molecule has 0 bridgehead atoms. The molecule has 3 aromatic heterocycles. The summed E-state index contributed by atoms with van der Waals surface area (Å²) in [5.41, 5.74) is 8.14. The van der Waals surface area contributed by atoms with Crippen molar-refractivity contribution in [1.29, 1.82) is 0 Å². The van der Waals surface area contributed by atoms with Crippen LogP contribution in [-0.4, -0.2) is 16.8 Å². The number of alkyl halides is 2. The highest BCUT2D eigenvalue weighted by atomic mass is 32.1. The molecular weight excluding hydrogens is 488 g/mol. The van der Waals surface area contributed by atoms with Crippen LogP contribution in [0.1, 0.15) is 73.6 Å². The number of hydrogen-bond acceptors (Lipinski definition) is 6. The summed E-state index contributed by atoms with van der Waals surface area (Å²) in [6.07, 6.45) is -1.09. The summed E-state index contributed by atoms with van der Waals surface area (Å²) in [6.45, 7) is 4.07. The van der Waals surface area contributed by atoms with E-state index >= 15 is 0 Å². The fourth-order valence-electron chi connectivity index (χ4n) is 4.19. The Morgan fingerprint density at radius 2 is 1.92 bits per heavy atom. The normalized spacial score (nSPS) is 13.4. The Labute approximate surface area is 209 Å². The van der Waals surface area contributed by atoms with Crippen molar-refractivity contribution >= 4 is 39.1 Å². The van der Waals surface area contributed by atoms with E-state index in [0.717, 1.165) is 35.3 Å². The van der Waals surface area contributed by atoms with Gasteiger partial charge < -0.3 is 20.2 Å². The van der Waals surface area contributed by atoms with E-state index in [1.165, 1.54) is 12.1 Å². The molecule has 7 nitrogen and oxygen atoms in total. The first-order valence-electron chi connectivity index (χ1n) is 11.4. The number of hydrogen-bond donors (Lipinski definition) is 2. The van der Waals surface area contributed by atoms with Crippen LogP contribution in [0.4, 0.5) is 14.5 Å². The number of aryl methyl sites for hydroxylation is 2. The number of amides is 2. The molecule has 0 atom stereocenters. The summed E-state index contributed by atoms with van der Waals surface area (Å²) in [7, 11) is 0. The van der Waals surface area contributed by atoms with Crippen molar-refractivity contribution in [2.75, 3.05) is 5.32 Å². The first-order chi connectivity index (χ1) is 17.2. The zero-order valence-corrected chi connectivity index (χ0v) is 20.4. The van der Waals surface area contributed by atoms with Crippen LogP contribution >= 0.6 is 11.3 Å². The predicted molar refractivity (Wildman–Crippen MR) is 132 cm³/mol. The topological polar surface area (TPSA) is 107 Å². The third-order valence-electron chi connectivity index (χ3n) is 5.88. The van der Waals surface area contributed by atoms with Crippen LogP contribution in [0.25, 0.3) is 10.2 Å². The number of nitrogens with one attached hydrogen (secondary N) is 1. The molecule has 0 aliphatic heterocycles. The van der Waals surface area contributed by atoms with Gasteiger partial charge in [0.25, 0.3) is 18.2 Å². The van der Waals surface area contributed by atoms with E-state index in [0.29, 0.717) is 22.5 Å². The Bertz CT molecular complexity index is 1470. The number of ether oxygens (including phenoxy) is 1.